The summed E-state index contributed by atoms with van der Waals surface area (Å²) in [7, 11) is 2.07. The van der Waals surface area contributed by atoms with Crippen LogP contribution in [-0.2, 0) is 11.2 Å². The van der Waals surface area contributed by atoms with E-state index in [-0.39, 0.29) is 5.91 Å². The van der Waals surface area contributed by atoms with Crippen LogP contribution in [0.2, 0.25) is 0 Å². The molecule has 0 aromatic heterocycles. The molecule has 1 unspecified atom stereocenters. The van der Waals surface area contributed by atoms with E-state index in [1.807, 2.05) is 12.1 Å². The molecular formula is C16H25N3O. The average molecular weight is 275 g/mol. The van der Waals surface area contributed by atoms with Crippen molar-refractivity contribution in [1.29, 1.82) is 0 Å². The van der Waals surface area contributed by atoms with Crippen LogP contribution in [0.4, 0.5) is 17.1 Å². The summed E-state index contributed by atoms with van der Waals surface area (Å²) in [5, 5.41) is 2.94. The number of benzene rings is 1. The van der Waals surface area contributed by atoms with Gasteiger partial charge < -0.3 is 16.0 Å². The Hall–Kier alpha value is -1.71. The number of hydrogen-bond donors (Lipinski definition) is 2. The van der Waals surface area contributed by atoms with Crippen LogP contribution in [-0.4, -0.2) is 19.0 Å². The van der Waals surface area contributed by atoms with Crippen molar-refractivity contribution in [3.8, 4) is 0 Å². The molecule has 0 bridgehead atoms. The lowest BCUT2D eigenvalue weighted by Gasteiger charge is -2.31. The summed E-state index contributed by atoms with van der Waals surface area (Å²) in [4.78, 5) is 13.7. The minimum absolute atomic E-state index is 0.0890. The van der Waals surface area contributed by atoms with Crippen LogP contribution in [0.3, 0.4) is 0 Å². The number of carbonyl (C=O) groups is 1. The highest BCUT2D eigenvalue weighted by molar-refractivity contribution is 5.95. The average Bonchev–Trinajstić information content (AvgIpc) is 2.36. The number of anilines is 3. The molecule has 0 aliphatic carbocycles. The monoisotopic (exact) mass is 275 g/mol. The van der Waals surface area contributed by atoms with E-state index >= 15 is 0 Å². The molecule has 1 atom stereocenters. The van der Waals surface area contributed by atoms with Gasteiger partial charge in [-0.25, -0.2) is 0 Å². The summed E-state index contributed by atoms with van der Waals surface area (Å²) in [6, 6.07) is 4.43. The quantitative estimate of drug-likeness (QED) is 0.830. The Morgan fingerprint density at radius 3 is 2.65 bits per heavy atom. The summed E-state index contributed by atoms with van der Waals surface area (Å²) in [6.07, 6.45) is 2.43. The zero-order chi connectivity index (χ0) is 14.9. The number of hydrogen-bond acceptors (Lipinski definition) is 3. The van der Waals surface area contributed by atoms with E-state index in [2.05, 4.69) is 38.0 Å². The zero-order valence-corrected chi connectivity index (χ0v) is 12.9. The van der Waals surface area contributed by atoms with Gasteiger partial charge in [-0.2, -0.15) is 0 Å². The van der Waals surface area contributed by atoms with Crippen molar-refractivity contribution >= 4 is 23.0 Å². The summed E-state index contributed by atoms with van der Waals surface area (Å²) in [5.41, 5.74) is 10.0. The highest BCUT2D eigenvalue weighted by Gasteiger charge is 2.20. The van der Waals surface area contributed by atoms with Crippen LogP contribution >= 0.6 is 0 Å². The molecule has 1 heterocycles. The van der Waals surface area contributed by atoms with E-state index in [0.717, 1.165) is 35.5 Å². The topological polar surface area (TPSA) is 58.4 Å². The van der Waals surface area contributed by atoms with E-state index in [0.29, 0.717) is 18.4 Å². The van der Waals surface area contributed by atoms with Gasteiger partial charge in [0.15, 0.2) is 0 Å². The predicted molar refractivity (Wildman–Crippen MR) is 85.1 cm³/mol. The number of nitrogens with two attached hydrogens (primary N) is 1. The summed E-state index contributed by atoms with van der Waals surface area (Å²) in [6.45, 7) is 6.65. The number of nitrogens with one attached hydrogen (secondary N) is 1. The van der Waals surface area contributed by atoms with Crippen molar-refractivity contribution in [2.24, 2.45) is 5.92 Å². The molecule has 0 radical (unpaired) electrons. The number of amides is 1. The molecule has 1 aliphatic heterocycles. The van der Waals surface area contributed by atoms with Gasteiger partial charge in [-0.3, -0.25) is 4.79 Å². The molecule has 4 nitrogen and oxygen atoms in total. The molecule has 1 aromatic carbocycles. The summed E-state index contributed by atoms with van der Waals surface area (Å²) in [5.74, 6) is 0.733. The van der Waals surface area contributed by atoms with E-state index in [1.165, 1.54) is 0 Å². The smallest absolute Gasteiger partial charge is 0.224 e. The highest BCUT2D eigenvalue weighted by atomic mass is 16.1. The van der Waals surface area contributed by atoms with Crippen LogP contribution in [0.5, 0.6) is 0 Å². The molecule has 110 valence electrons. The molecule has 3 N–H and O–H groups in total. The van der Waals surface area contributed by atoms with Gasteiger partial charge in [-0.15, -0.1) is 0 Å². The molecule has 1 amide bonds. The Bertz CT molecular complexity index is 511. The highest BCUT2D eigenvalue weighted by Crippen LogP contribution is 2.34. The van der Waals surface area contributed by atoms with Crippen LogP contribution in [0.15, 0.2) is 12.1 Å². The van der Waals surface area contributed by atoms with Gasteiger partial charge >= 0.3 is 0 Å². The van der Waals surface area contributed by atoms with Crippen LogP contribution in [0.25, 0.3) is 0 Å². The standard InChI is InChI=1S/C16H25N3O/c1-10(2)7-11(3)19(4)15-9-14-12(8-13(15)17)5-6-16(20)18-14/h8-11H,5-7,17H2,1-4H3,(H,18,20). The second-order valence-corrected chi connectivity index (χ2v) is 6.21. The maximum atomic E-state index is 11.5. The lowest BCUT2D eigenvalue weighted by molar-refractivity contribution is -0.116. The Morgan fingerprint density at radius 1 is 1.30 bits per heavy atom. The van der Waals surface area contributed by atoms with Gasteiger partial charge in [-0.1, -0.05) is 13.8 Å². The Kier molecular flexibility index (Phi) is 4.21. The lowest BCUT2D eigenvalue weighted by Crippen LogP contribution is -2.31. The summed E-state index contributed by atoms with van der Waals surface area (Å²) >= 11 is 0. The number of nitrogens with zero attached hydrogens (tertiary/aromatic N) is 1. The number of rotatable bonds is 4. The SMILES string of the molecule is CC(C)CC(C)N(C)c1cc2c(cc1N)CCC(=O)N2. The minimum Gasteiger partial charge on any atom is -0.397 e. The van der Waals surface area contributed by atoms with Gasteiger partial charge in [0.1, 0.15) is 0 Å². The predicted octanol–water partition coefficient (Wildman–Crippen LogP) is 3.02. The van der Waals surface area contributed by atoms with Gasteiger partial charge in [0.2, 0.25) is 5.91 Å². The van der Waals surface area contributed by atoms with Gasteiger partial charge in [0.25, 0.3) is 0 Å². The first-order valence-corrected chi connectivity index (χ1v) is 7.33. The molecule has 0 saturated carbocycles. The normalized spacial score (nSPS) is 15.8. The number of aryl methyl sites for hydroxylation is 1. The fraction of sp³-hybridized carbons (Fsp3) is 0.562. The first kappa shape index (κ1) is 14.7. The van der Waals surface area contributed by atoms with Crippen molar-refractivity contribution < 1.29 is 4.79 Å². The molecule has 0 spiro atoms. The van der Waals surface area contributed by atoms with Crippen LogP contribution < -0.4 is 16.0 Å². The van der Waals surface area contributed by atoms with Crippen molar-refractivity contribution in [3.63, 3.8) is 0 Å². The van der Waals surface area contributed by atoms with E-state index < -0.39 is 0 Å². The maximum absolute atomic E-state index is 11.5. The van der Waals surface area contributed by atoms with Crippen LogP contribution in [0, 0.1) is 5.92 Å². The largest absolute Gasteiger partial charge is 0.397 e. The number of carbonyl (C=O) groups excluding carboxylic acids is 1. The molecule has 1 aliphatic rings. The number of fused-ring (bicyclic) bond motifs is 1. The van der Waals surface area contributed by atoms with E-state index in [1.54, 1.807) is 0 Å². The Morgan fingerprint density at radius 2 is 2.00 bits per heavy atom. The van der Waals surface area contributed by atoms with Gasteiger partial charge in [0.05, 0.1) is 11.4 Å². The number of nitrogen functional groups attached to an aromatic ring is 1. The van der Waals surface area contributed by atoms with Gasteiger partial charge in [0, 0.05) is 25.2 Å². The van der Waals surface area contributed by atoms with Crippen molar-refractivity contribution in [2.75, 3.05) is 23.0 Å². The third-order valence-corrected chi connectivity index (χ3v) is 4.00. The van der Waals surface area contributed by atoms with Crippen molar-refractivity contribution in [1.82, 2.24) is 0 Å². The molecular weight excluding hydrogens is 250 g/mol. The Balaban J connectivity index is 2.27. The molecule has 0 fully saturated rings. The first-order chi connectivity index (χ1) is 9.38. The summed E-state index contributed by atoms with van der Waals surface area (Å²) < 4.78 is 0. The van der Waals surface area contributed by atoms with Crippen LogP contribution in [0.1, 0.15) is 39.2 Å². The maximum Gasteiger partial charge on any atom is 0.224 e. The van der Waals surface area contributed by atoms with Crippen molar-refractivity contribution in [3.05, 3.63) is 17.7 Å². The fourth-order valence-electron chi connectivity index (χ4n) is 2.82. The van der Waals surface area contributed by atoms with E-state index in [9.17, 15) is 4.79 Å². The molecule has 20 heavy (non-hydrogen) atoms. The molecule has 2 rings (SSSR count). The lowest BCUT2D eigenvalue weighted by atomic mass is 9.99. The second kappa shape index (κ2) is 5.73. The third-order valence-electron chi connectivity index (χ3n) is 4.00. The van der Waals surface area contributed by atoms with Gasteiger partial charge in [-0.05, 0) is 43.4 Å². The third kappa shape index (κ3) is 3.06. The Labute approximate surface area is 121 Å². The minimum atomic E-state index is 0.0890. The molecule has 1 aromatic rings. The zero-order valence-electron chi connectivity index (χ0n) is 12.9. The second-order valence-electron chi connectivity index (χ2n) is 6.21. The molecule has 4 heteroatoms. The first-order valence-electron chi connectivity index (χ1n) is 7.33. The van der Waals surface area contributed by atoms with E-state index in [4.69, 9.17) is 5.73 Å². The fourth-order valence-corrected chi connectivity index (χ4v) is 2.82. The molecule has 0 saturated heterocycles. The van der Waals surface area contributed by atoms with Crippen molar-refractivity contribution in [2.45, 2.75) is 46.1 Å².